The molecule has 1 unspecified atom stereocenters. The first-order valence-electron chi connectivity index (χ1n) is 6.88. The van der Waals surface area contributed by atoms with Crippen LogP contribution in [0.1, 0.15) is 27.2 Å². The van der Waals surface area contributed by atoms with Gasteiger partial charge in [0.15, 0.2) is 0 Å². The highest BCUT2D eigenvalue weighted by Crippen LogP contribution is 2.36. The number of methoxy groups -OCH3 is 1. The van der Waals surface area contributed by atoms with Crippen LogP contribution in [0.4, 0.5) is 0 Å². The Bertz CT molecular complexity index is 425. The molecule has 20 heavy (non-hydrogen) atoms. The molecule has 5 heteroatoms. The number of nitrogens with one attached hydrogen (secondary N) is 1. The predicted molar refractivity (Wildman–Crippen MR) is 90.8 cm³/mol. The maximum Gasteiger partial charge on any atom is 0.135 e. The van der Waals surface area contributed by atoms with Gasteiger partial charge in [0, 0.05) is 6.54 Å². The Morgan fingerprint density at radius 2 is 1.70 bits per heavy atom. The molecule has 1 N–H and O–H groups in total. The van der Waals surface area contributed by atoms with Gasteiger partial charge in [-0.25, -0.2) is 0 Å². The van der Waals surface area contributed by atoms with Crippen LogP contribution in [-0.2, 0) is 0 Å². The number of benzene rings is 1. The lowest BCUT2D eigenvalue weighted by molar-refractivity contribution is 0.190. The Morgan fingerprint density at radius 3 is 2.25 bits per heavy atom. The second-order valence-electron chi connectivity index (χ2n) is 5.12. The Balaban J connectivity index is 2.67. The van der Waals surface area contributed by atoms with Gasteiger partial charge in [-0.2, -0.15) is 0 Å². The van der Waals surface area contributed by atoms with Gasteiger partial charge in [-0.05, 0) is 62.9 Å². The summed E-state index contributed by atoms with van der Waals surface area (Å²) in [6.45, 7) is 8.39. The van der Waals surface area contributed by atoms with E-state index in [1.165, 1.54) is 0 Å². The van der Waals surface area contributed by atoms with Crippen LogP contribution in [-0.4, -0.2) is 26.3 Å². The average Bonchev–Trinajstić information content (AvgIpc) is 2.40. The van der Waals surface area contributed by atoms with Crippen molar-refractivity contribution in [2.75, 3.05) is 20.2 Å². The number of ether oxygens (including phenoxy) is 2. The smallest absolute Gasteiger partial charge is 0.135 e. The van der Waals surface area contributed by atoms with E-state index in [2.05, 4.69) is 57.9 Å². The van der Waals surface area contributed by atoms with Crippen LogP contribution < -0.4 is 14.8 Å². The third-order valence-electron chi connectivity index (χ3n) is 2.88. The van der Waals surface area contributed by atoms with Crippen LogP contribution in [0.5, 0.6) is 11.5 Å². The van der Waals surface area contributed by atoms with Gasteiger partial charge in [-0.1, -0.05) is 20.8 Å². The fraction of sp³-hybridized carbons (Fsp3) is 0.600. The van der Waals surface area contributed by atoms with E-state index in [9.17, 15) is 0 Å². The highest BCUT2D eigenvalue weighted by atomic mass is 79.9. The molecule has 3 nitrogen and oxygen atoms in total. The fourth-order valence-electron chi connectivity index (χ4n) is 1.74. The van der Waals surface area contributed by atoms with Gasteiger partial charge in [0.1, 0.15) is 17.6 Å². The van der Waals surface area contributed by atoms with Crippen molar-refractivity contribution in [1.82, 2.24) is 5.32 Å². The largest absolute Gasteiger partial charge is 0.496 e. The molecule has 0 bridgehead atoms. The molecule has 0 radical (unpaired) electrons. The minimum Gasteiger partial charge on any atom is -0.496 e. The number of hydrogen-bond donors (Lipinski definition) is 1. The van der Waals surface area contributed by atoms with Crippen LogP contribution >= 0.6 is 31.9 Å². The summed E-state index contributed by atoms with van der Waals surface area (Å²) in [5.41, 5.74) is 0. The van der Waals surface area contributed by atoms with Crippen molar-refractivity contribution in [3.05, 3.63) is 21.1 Å². The van der Waals surface area contributed by atoms with Gasteiger partial charge in [0.05, 0.1) is 16.1 Å². The molecule has 0 heterocycles. The third-order valence-corrected chi connectivity index (χ3v) is 4.12. The molecule has 0 aliphatic carbocycles. The van der Waals surface area contributed by atoms with Gasteiger partial charge in [-0.15, -0.1) is 0 Å². The summed E-state index contributed by atoms with van der Waals surface area (Å²) in [6.07, 6.45) is 1.12. The van der Waals surface area contributed by atoms with E-state index >= 15 is 0 Å². The zero-order valence-corrected chi connectivity index (χ0v) is 15.7. The van der Waals surface area contributed by atoms with E-state index < -0.39 is 0 Å². The van der Waals surface area contributed by atoms with Crippen molar-refractivity contribution in [1.29, 1.82) is 0 Å². The van der Waals surface area contributed by atoms with E-state index in [1.807, 2.05) is 12.1 Å². The number of hydrogen-bond acceptors (Lipinski definition) is 3. The van der Waals surface area contributed by atoms with E-state index in [1.54, 1.807) is 7.11 Å². The molecule has 0 aromatic heterocycles. The topological polar surface area (TPSA) is 30.5 Å². The van der Waals surface area contributed by atoms with Crippen molar-refractivity contribution < 1.29 is 9.47 Å². The second-order valence-corrected chi connectivity index (χ2v) is 6.83. The molecular weight excluding hydrogens is 386 g/mol. The minimum absolute atomic E-state index is 0.158. The van der Waals surface area contributed by atoms with E-state index in [-0.39, 0.29) is 6.10 Å². The number of halogens is 2. The van der Waals surface area contributed by atoms with Gasteiger partial charge in [0.2, 0.25) is 0 Å². The highest BCUT2D eigenvalue weighted by molar-refractivity contribution is 9.11. The summed E-state index contributed by atoms with van der Waals surface area (Å²) in [5, 5.41) is 3.44. The van der Waals surface area contributed by atoms with Crippen LogP contribution in [0.25, 0.3) is 0 Å². The van der Waals surface area contributed by atoms with Crippen molar-refractivity contribution in [2.24, 2.45) is 5.92 Å². The van der Waals surface area contributed by atoms with Crippen LogP contribution in [0.3, 0.4) is 0 Å². The zero-order chi connectivity index (χ0) is 15.1. The summed E-state index contributed by atoms with van der Waals surface area (Å²) < 4.78 is 13.1. The standard InChI is InChI=1S/C15H23Br2NO2/c1-5-11(9-18-8-10(2)3)20-15-7-12(16)14(19-4)6-13(15)17/h6-7,10-11,18H,5,8-9H2,1-4H3. The van der Waals surface area contributed by atoms with Crippen molar-refractivity contribution >= 4 is 31.9 Å². The van der Waals surface area contributed by atoms with E-state index in [4.69, 9.17) is 9.47 Å². The lowest BCUT2D eigenvalue weighted by Crippen LogP contribution is -2.33. The monoisotopic (exact) mass is 407 g/mol. The van der Waals surface area contributed by atoms with Crippen molar-refractivity contribution in [3.8, 4) is 11.5 Å². The molecule has 0 aliphatic heterocycles. The summed E-state index contributed by atoms with van der Waals surface area (Å²) in [6, 6.07) is 3.85. The summed E-state index contributed by atoms with van der Waals surface area (Å²) >= 11 is 7.01. The van der Waals surface area contributed by atoms with E-state index in [0.717, 1.165) is 40.0 Å². The lowest BCUT2D eigenvalue weighted by atomic mass is 10.2. The first-order valence-corrected chi connectivity index (χ1v) is 8.46. The van der Waals surface area contributed by atoms with Gasteiger partial charge in [0.25, 0.3) is 0 Å². The molecule has 1 aromatic carbocycles. The SMILES string of the molecule is CCC(CNCC(C)C)Oc1cc(Br)c(OC)cc1Br. The van der Waals surface area contributed by atoms with Gasteiger partial charge < -0.3 is 14.8 Å². The number of rotatable bonds is 8. The predicted octanol–water partition coefficient (Wildman–Crippen LogP) is 4.62. The lowest BCUT2D eigenvalue weighted by Gasteiger charge is -2.20. The molecule has 0 spiro atoms. The first-order chi connectivity index (χ1) is 9.47. The highest BCUT2D eigenvalue weighted by Gasteiger charge is 2.13. The van der Waals surface area contributed by atoms with Crippen molar-refractivity contribution in [3.63, 3.8) is 0 Å². The molecule has 0 saturated carbocycles. The Hall–Kier alpha value is -0.260. The molecule has 114 valence electrons. The quantitative estimate of drug-likeness (QED) is 0.680. The van der Waals surface area contributed by atoms with Gasteiger partial charge >= 0.3 is 0 Å². The average molecular weight is 409 g/mol. The fourth-order valence-corrected chi connectivity index (χ4v) is 2.64. The van der Waals surface area contributed by atoms with Crippen molar-refractivity contribution in [2.45, 2.75) is 33.3 Å². The first kappa shape index (κ1) is 17.8. The maximum absolute atomic E-state index is 6.06. The summed E-state index contributed by atoms with van der Waals surface area (Å²) in [5.74, 6) is 2.26. The molecular formula is C15H23Br2NO2. The summed E-state index contributed by atoms with van der Waals surface area (Å²) in [7, 11) is 1.65. The third kappa shape index (κ3) is 5.62. The molecule has 1 atom stereocenters. The zero-order valence-electron chi connectivity index (χ0n) is 12.5. The van der Waals surface area contributed by atoms with E-state index in [0.29, 0.717) is 5.92 Å². The molecule has 0 fully saturated rings. The Kier molecular flexibility index (Phi) is 7.92. The second kappa shape index (κ2) is 8.90. The van der Waals surface area contributed by atoms with Gasteiger partial charge in [-0.3, -0.25) is 0 Å². The molecule has 0 aliphatic rings. The Labute approximate surface area is 138 Å². The maximum atomic E-state index is 6.06. The van der Waals surface area contributed by atoms with Crippen LogP contribution in [0.2, 0.25) is 0 Å². The minimum atomic E-state index is 0.158. The normalized spacial score (nSPS) is 12.6. The molecule has 0 amide bonds. The Morgan fingerprint density at radius 1 is 1.10 bits per heavy atom. The van der Waals surface area contributed by atoms with Crippen LogP contribution in [0.15, 0.2) is 21.1 Å². The molecule has 1 rings (SSSR count). The van der Waals surface area contributed by atoms with Crippen LogP contribution in [0, 0.1) is 5.92 Å². The molecule has 0 saturated heterocycles. The summed E-state index contributed by atoms with van der Waals surface area (Å²) in [4.78, 5) is 0. The molecule has 1 aromatic rings.